The Morgan fingerprint density at radius 1 is 1.04 bits per heavy atom. The van der Waals surface area contributed by atoms with E-state index in [0.717, 1.165) is 36.8 Å². The number of ether oxygens (including phenoxy) is 1. The highest BCUT2D eigenvalue weighted by molar-refractivity contribution is 5.85. The number of carbonyl (C=O) groups excluding carboxylic acids is 1. The lowest BCUT2D eigenvalue weighted by atomic mass is 9.82. The molecule has 1 fully saturated rings. The van der Waals surface area contributed by atoms with Gasteiger partial charge in [0.15, 0.2) is 5.96 Å². The van der Waals surface area contributed by atoms with Crippen LogP contribution >= 0.6 is 12.4 Å². The SMILES string of the molecule is Cl.N=C(N)NC[C@H]1CC[C@H](C(=O)Oc2ccccc2-c2ccccc2)CC1. The molecule has 6 heteroatoms. The fourth-order valence-corrected chi connectivity index (χ4v) is 3.46. The summed E-state index contributed by atoms with van der Waals surface area (Å²) in [6.45, 7) is 0.702. The standard InChI is InChI=1S/C21H25N3O2.ClH/c22-21(23)24-14-15-10-12-17(13-11-15)20(25)26-19-9-5-4-8-18(19)16-6-2-1-3-7-16;/h1-9,15,17H,10-14H2,(H4,22,23,24);1H/t15-,17-;. The Morgan fingerprint density at radius 2 is 1.67 bits per heavy atom. The van der Waals surface area contributed by atoms with E-state index in [0.29, 0.717) is 18.2 Å². The molecule has 27 heavy (non-hydrogen) atoms. The van der Waals surface area contributed by atoms with E-state index in [1.54, 1.807) is 0 Å². The van der Waals surface area contributed by atoms with Crippen molar-refractivity contribution >= 4 is 24.3 Å². The molecule has 0 radical (unpaired) electrons. The first-order valence-corrected chi connectivity index (χ1v) is 9.07. The summed E-state index contributed by atoms with van der Waals surface area (Å²) in [4.78, 5) is 12.6. The minimum Gasteiger partial charge on any atom is -0.426 e. The summed E-state index contributed by atoms with van der Waals surface area (Å²) in [6, 6.07) is 17.6. The normalized spacial score (nSPS) is 18.8. The van der Waals surface area contributed by atoms with Crippen LogP contribution in [0.2, 0.25) is 0 Å². The first kappa shape index (κ1) is 20.8. The minimum atomic E-state index is -0.147. The van der Waals surface area contributed by atoms with Gasteiger partial charge in [0, 0.05) is 12.1 Å². The van der Waals surface area contributed by atoms with Crippen molar-refractivity contribution < 1.29 is 9.53 Å². The maximum Gasteiger partial charge on any atom is 0.314 e. The Hall–Kier alpha value is -2.53. The number of esters is 1. The number of guanidine groups is 1. The molecular formula is C21H26ClN3O2. The van der Waals surface area contributed by atoms with Gasteiger partial charge < -0.3 is 15.8 Å². The highest BCUT2D eigenvalue weighted by Gasteiger charge is 2.28. The Balaban J connectivity index is 0.00000261. The summed E-state index contributed by atoms with van der Waals surface area (Å²) in [5.74, 6) is 0.867. The molecule has 3 rings (SSSR count). The van der Waals surface area contributed by atoms with Gasteiger partial charge in [-0.3, -0.25) is 10.2 Å². The van der Waals surface area contributed by atoms with Gasteiger partial charge >= 0.3 is 5.97 Å². The van der Waals surface area contributed by atoms with Crippen LogP contribution in [0.15, 0.2) is 54.6 Å². The van der Waals surface area contributed by atoms with Crippen LogP contribution in [0.1, 0.15) is 25.7 Å². The molecule has 0 bridgehead atoms. The molecule has 0 aromatic heterocycles. The lowest BCUT2D eigenvalue weighted by Gasteiger charge is -2.27. The number of carbonyl (C=O) groups is 1. The second-order valence-corrected chi connectivity index (χ2v) is 6.80. The van der Waals surface area contributed by atoms with Crippen LogP contribution in [-0.4, -0.2) is 18.5 Å². The molecule has 0 atom stereocenters. The van der Waals surface area contributed by atoms with Gasteiger partial charge in [0.1, 0.15) is 5.75 Å². The highest BCUT2D eigenvalue weighted by atomic mass is 35.5. The Labute approximate surface area is 166 Å². The first-order valence-electron chi connectivity index (χ1n) is 9.07. The maximum atomic E-state index is 12.6. The van der Waals surface area contributed by atoms with E-state index in [9.17, 15) is 4.79 Å². The first-order chi connectivity index (χ1) is 12.6. The van der Waals surface area contributed by atoms with Crippen LogP contribution in [0.25, 0.3) is 11.1 Å². The Morgan fingerprint density at radius 3 is 2.33 bits per heavy atom. The molecule has 4 N–H and O–H groups in total. The molecular weight excluding hydrogens is 362 g/mol. The fourth-order valence-electron chi connectivity index (χ4n) is 3.46. The van der Waals surface area contributed by atoms with Crippen LogP contribution in [0.4, 0.5) is 0 Å². The number of para-hydroxylation sites is 1. The number of rotatable bonds is 5. The van der Waals surface area contributed by atoms with Crippen LogP contribution in [0.5, 0.6) is 5.75 Å². The van der Waals surface area contributed by atoms with Crippen LogP contribution < -0.4 is 15.8 Å². The molecule has 2 aromatic rings. The third kappa shape index (κ3) is 5.73. The summed E-state index contributed by atoms with van der Waals surface area (Å²) < 4.78 is 5.76. The number of benzene rings is 2. The number of hydrogen-bond donors (Lipinski definition) is 3. The second-order valence-electron chi connectivity index (χ2n) is 6.80. The van der Waals surface area contributed by atoms with Crippen molar-refractivity contribution in [3.8, 4) is 16.9 Å². The van der Waals surface area contributed by atoms with Gasteiger partial charge in [-0.15, -0.1) is 12.4 Å². The number of nitrogens with one attached hydrogen (secondary N) is 2. The molecule has 0 saturated heterocycles. The van der Waals surface area contributed by atoms with E-state index in [1.807, 2.05) is 54.6 Å². The molecule has 5 nitrogen and oxygen atoms in total. The van der Waals surface area contributed by atoms with E-state index < -0.39 is 0 Å². The van der Waals surface area contributed by atoms with Gasteiger partial charge in [0.25, 0.3) is 0 Å². The minimum absolute atomic E-state index is 0. The predicted molar refractivity (Wildman–Crippen MR) is 110 cm³/mol. The summed E-state index contributed by atoms with van der Waals surface area (Å²) in [7, 11) is 0. The van der Waals surface area contributed by atoms with Crippen LogP contribution in [-0.2, 0) is 4.79 Å². The van der Waals surface area contributed by atoms with Crippen molar-refractivity contribution in [2.75, 3.05) is 6.54 Å². The van der Waals surface area contributed by atoms with Crippen molar-refractivity contribution in [2.24, 2.45) is 17.6 Å². The zero-order valence-electron chi connectivity index (χ0n) is 15.2. The predicted octanol–water partition coefficient (Wildman–Crippen LogP) is 3.97. The van der Waals surface area contributed by atoms with Gasteiger partial charge in [0.2, 0.25) is 0 Å². The molecule has 0 amide bonds. The van der Waals surface area contributed by atoms with Crippen LogP contribution in [0, 0.1) is 17.2 Å². The van der Waals surface area contributed by atoms with Crippen molar-refractivity contribution in [3.05, 3.63) is 54.6 Å². The molecule has 2 aromatic carbocycles. The summed E-state index contributed by atoms with van der Waals surface area (Å²) in [5.41, 5.74) is 7.30. The second kappa shape index (κ2) is 9.97. The van der Waals surface area contributed by atoms with E-state index in [4.69, 9.17) is 15.9 Å². The molecule has 1 saturated carbocycles. The number of halogens is 1. The van der Waals surface area contributed by atoms with Gasteiger partial charge in [-0.05, 0) is 43.2 Å². The molecule has 0 aliphatic heterocycles. The molecule has 0 unspecified atom stereocenters. The molecule has 144 valence electrons. The summed E-state index contributed by atoms with van der Waals surface area (Å²) in [5, 5.41) is 10.1. The van der Waals surface area contributed by atoms with Crippen molar-refractivity contribution in [1.29, 1.82) is 5.41 Å². The van der Waals surface area contributed by atoms with Crippen molar-refractivity contribution in [3.63, 3.8) is 0 Å². The Kier molecular flexibility index (Phi) is 7.67. The van der Waals surface area contributed by atoms with E-state index in [-0.39, 0.29) is 30.3 Å². The molecule has 1 aliphatic rings. The largest absolute Gasteiger partial charge is 0.426 e. The molecule has 0 heterocycles. The number of nitrogens with two attached hydrogens (primary N) is 1. The van der Waals surface area contributed by atoms with E-state index in [1.165, 1.54) is 0 Å². The Bertz CT molecular complexity index is 759. The average Bonchev–Trinajstić information content (AvgIpc) is 2.68. The lowest BCUT2D eigenvalue weighted by Crippen LogP contribution is -2.36. The van der Waals surface area contributed by atoms with E-state index in [2.05, 4.69) is 5.32 Å². The maximum absolute atomic E-state index is 12.6. The third-order valence-electron chi connectivity index (χ3n) is 4.94. The zero-order valence-corrected chi connectivity index (χ0v) is 16.0. The summed E-state index contributed by atoms with van der Waals surface area (Å²) >= 11 is 0. The van der Waals surface area contributed by atoms with Gasteiger partial charge in [-0.1, -0.05) is 48.5 Å². The topological polar surface area (TPSA) is 88.2 Å². The van der Waals surface area contributed by atoms with Crippen LogP contribution in [0.3, 0.4) is 0 Å². The summed E-state index contributed by atoms with van der Waals surface area (Å²) in [6.07, 6.45) is 3.52. The monoisotopic (exact) mass is 387 g/mol. The molecule has 1 aliphatic carbocycles. The van der Waals surface area contributed by atoms with Gasteiger partial charge in [0.05, 0.1) is 5.92 Å². The van der Waals surface area contributed by atoms with Crippen molar-refractivity contribution in [1.82, 2.24) is 5.32 Å². The third-order valence-corrected chi connectivity index (χ3v) is 4.94. The fraction of sp³-hybridized carbons (Fsp3) is 0.333. The van der Waals surface area contributed by atoms with E-state index >= 15 is 0 Å². The van der Waals surface area contributed by atoms with Gasteiger partial charge in [-0.25, -0.2) is 0 Å². The lowest BCUT2D eigenvalue weighted by molar-refractivity contribution is -0.140. The average molecular weight is 388 g/mol. The van der Waals surface area contributed by atoms with Crippen molar-refractivity contribution in [2.45, 2.75) is 25.7 Å². The zero-order chi connectivity index (χ0) is 18.4. The van der Waals surface area contributed by atoms with Gasteiger partial charge in [-0.2, -0.15) is 0 Å². The number of hydrogen-bond acceptors (Lipinski definition) is 3. The smallest absolute Gasteiger partial charge is 0.314 e. The molecule has 0 spiro atoms. The highest BCUT2D eigenvalue weighted by Crippen LogP contribution is 2.33. The quantitative estimate of drug-likeness (QED) is 0.313.